The molecule has 3 aromatic rings. The maximum atomic E-state index is 13.2. The van der Waals surface area contributed by atoms with Crippen LogP contribution in [0.2, 0.25) is 0 Å². The molecule has 1 aliphatic rings. The largest absolute Gasteiger partial charge is 0.497 e. The molecule has 0 radical (unpaired) electrons. The van der Waals surface area contributed by atoms with E-state index < -0.39 is 16.6 Å². The van der Waals surface area contributed by atoms with Crippen molar-refractivity contribution in [1.29, 1.82) is 0 Å². The number of nitro benzene ring substituents is 1. The summed E-state index contributed by atoms with van der Waals surface area (Å²) < 4.78 is 11.7. The van der Waals surface area contributed by atoms with Crippen molar-refractivity contribution >= 4 is 22.7 Å². The highest BCUT2D eigenvalue weighted by Crippen LogP contribution is 2.23. The summed E-state index contributed by atoms with van der Waals surface area (Å²) in [6, 6.07) is 10.1. The Labute approximate surface area is 170 Å². The maximum absolute atomic E-state index is 13.2. The van der Waals surface area contributed by atoms with Gasteiger partial charge in [0.1, 0.15) is 5.75 Å². The second-order valence-electron chi connectivity index (χ2n) is 6.75. The van der Waals surface area contributed by atoms with E-state index in [1.54, 1.807) is 29.2 Å². The van der Waals surface area contributed by atoms with Gasteiger partial charge in [-0.3, -0.25) is 14.9 Å². The molecule has 10 nitrogen and oxygen atoms in total. The lowest BCUT2D eigenvalue weighted by Gasteiger charge is -2.17. The third-order valence-corrected chi connectivity index (χ3v) is 4.91. The normalized spacial score (nSPS) is 13.4. The summed E-state index contributed by atoms with van der Waals surface area (Å²) in [5.74, 6) is 0.576. The van der Waals surface area contributed by atoms with Crippen LogP contribution in [0, 0.1) is 10.1 Å². The quantitative estimate of drug-likeness (QED) is 0.479. The van der Waals surface area contributed by atoms with Crippen molar-refractivity contribution in [2.75, 3.05) is 20.2 Å². The number of likely N-dealkylation sites (tertiary alicyclic amines) is 1. The number of methoxy groups -OCH3 is 1. The molecule has 0 unspecified atom stereocenters. The number of ether oxygens (including phenoxy) is 2. The van der Waals surface area contributed by atoms with Gasteiger partial charge in [-0.05, 0) is 43.2 Å². The first-order valence-electron chi connectivity index (χ1n) is 9.30. The topological polar surface area (TPSA) is 117 Å². The maximum Gasteiger partial charge on any atom is 0.417 e. The van der Waals surface area contributed by atoms with Gasteiger partial charge in [0.15, 0.2) is 0 Å². The molecule has 1 saturated heterocycles. The molecule has 0 saturated carbocycles. The van der Waals surface area contributed by atoms with Gasteiger partial charge in [-0.25, -0.2) is 9.36 Å². The molecule has 0 N–H and O–H groups in total. The highest BCUT2D eigenvalue weighted by atomic mass is 16.6. The van der Waals surface area contributed by atoms with Gasteiger partial charge >= 0.3 is 12.1 Å². The molecule has 2 heterocycles. The Bertz CT molecular complexity index is 1180. The average molecular weight is 410 g/mol. The molecule has 10 heteroatoms. The predicted molar refractivity (Wildman–Crippen MR) is 107 cm³/mol. The van der Waals surface area contributed by atoms with Gasteiger partial charge < -0.3 is 14.4 Å². The minimum Gasteiger partial charge on any atom is -0.497 e. The molecule has 154 valence electrons. The van der Waals surface area contributed by atoms with E-state index >= 15 is 0 Å². The SMILES string of the molecule is COc1ccc(-n2c(OC(=O)N3CCCC3)nc3ccc([N+](=O)[O-])cc3c2=O)cc1. The van der Waals surface area contributed by atoms with Crippen LogP contribution in [0.15, 0.2) is 47.3 Å². The number of carbonyl (C=O) groups excluding carboxylic acids is 1. The Balaban J connectivity index is 1.88. The van der Waals surface area contributed by atoms with E-state index in [9.17, 15) is 19.7 Å². The molecule has 0 spiro atoms. The number of rotatable bonds is 4. The van der Waals surface area contributed by atoms with Crippen LogP contribution in [0.25, 0.3) is 16.6 Å². The third-order valence-electron chi connectivity index (χ3n) is 4.91. The molecule has 4 rings (SSSR count). The Morgan fingerprint density at radius 2 is 1.83 bits per heavy atom. The molecular formula is C20H18N4O6. The highest BCUT2D eigenvalue weighted by Gasteiger charge is 2.24. The fraction of sp³-hybridized carbons (Fsp3) is 0.250. The standard InChI is InChI=1S/C20H18N4O6/c1-29-15-7-4-13(5-8-15)23-18(25)16-12-14(24(27)28)6-9-17(16)21-19(23)30-20(26)22-10-2-3-11-22/h4-9,12H,2-3,10-11H2,1H3. The van der Waals surface area contributed by atoms with Gasteiger partial charge in [-0.2, -0.15) is 4.98 Å². The minimum atomic E-state index is -0.595. The van der Waals surface area contributed by atoms with Gasteiger partial charge in [-0.15, -0.1) is 0 Å². The first-order valence-corrected chi connectivity index (χ1v) is 9.30. The van der Waals surface area contributed by atoms with E-state index in [1.165, 1.54) is 19.2 Å². The summed E-state index contributed by atoms with van der Waals surface area (Å²) in [6.45, 7) is 1.15. The summed E-state index contributed by atoms with van der Waals surface area (Å²) in [5, 5.41) is 11.2. The molecule has 1 aromatic heterocycles. The number of nitrogens with zero attached hydrogens (tertiary/aromatic N) is 4. The summed E-state index contributed by atoms with van der Waals surface area (Å²) in [4.78, 5) is 42.2. The number of aromatic nitrogens is 2. The number of hydrogen-bond donors (Lipinski definition) is 0. The summed E-state index contributed by atoms with van der Waals surface area (Å²) in [6.07, 6.45) is 1.17. The van der Waals surface area contributed by atoms with Crippen LogP contribution in [-0.4, -0.2) is 45.7 Å². The van der Waals surface area contributed by atoms with Crippen LogP contribution in [0.3, 0.4) is 0 Å². The first-order chi connectivity index (χ1) is 14.5. The van der Waals surface area contributed by atoms with Gasteiger partial charge in [0, 0.05) is 25.2 Å². The summed E-state index contributed by atoms with van der Waals surface area (Å²) in [7, 11) is 1.52. The molecule has 0 aliphatic carbocycles. The summed E-state index contributed by atoms with van der Waals surface area (Å²) in [5.41, 5.74) is -0.243. The molecule has 30 heavy (non-hydrogen) atoms. The average Bonchev–Trinajstić information content (AvgIpc) is 3.29. The molecule has 1 amide bonds. The van der Waals surface area contributed by atoms with Crippen molar-refractivity contribution in [3.63, 3.8) is 0 Å². The Morgan fingerprint density at radius 3 is 2.47 bits per heavy atom. The smallest absolute Gasteiger partial charge is 0.417 e. The van der Waals surface area contributed by atoms with Crippen LogP contribution in [0.1, 0.15) is 12.8 Å². The van der Waals surface area contributed by atoms with Crippen molar-refractivity contribution in [3.8, 4) is 17.4 Å². The van der Waals surface area contributed by atoms with E-state index in [-0.39, 0.29) is 22.6 Å². The summed E-state index contributed by atoms with van der Waals surface area (Å²) >= 11 is 0. The Morgan fingerprint density at radius 1 is 1.13 bits per heavy atom. The van der Waals surface area contributed by atoms with Gasteiger partial charge in [0.2, 0.25) is 0 Å². The fourth-order valence-corrected chi connectivity index (χ4v) is 3.34. The molecule has 1 aliphatic heterocycles. The van der Waals surface area contributed by atoms with Crippen molar-refractivity contribution in [3.05, 3.63) is 62.9 Å². The zero-order chi connectivity index (χ0) is 21.3. The van der Waals surface area contributed by atoms with Crippen molar-refractivity contribution < 1.29 is 19.2 Å². The Hall–Kier alpha value is -3.95. The number of benzene rings is 2. The second kappa shape index (κ2) is 7.82. The molecular weight excluding hydrogens is 392 g/mol. The van der Waals surface area contributed by atoms with E-state index in [2.05, 4.69) is 4.98 Å². The van der Waals surface area contributed by atoms with Gasteiger partial charge in [0.25, 0.3) is 11.2 Å². The van der Waals surface area contributed by atoms with Crippen LogP contribution in [0.4, 0.5) is 10.5 Å². The molecule has 1 fully saturated rings. The lowest BCUT2D eigenvalue weighted by atomic mass is 10.2. The van der Waals surface area contributed by atoms with E-state index in [1.807, 2.05) is 0 Å². The number of nitro groups is 1. The number of carbonyl (C=O) groups is 1. The number of non-ortho nitro benzene ring substituents is 1. The van der Waals surface area contributed by atoms with Crippen molar-refractivity contribution in [2.24, 2.45) is 0 Å². The zero-order valence-electron chi connectivity index (χ0n) is 16.1. The zero-order valence-corrected chi connectivity index (χ0v) is 16.1. The molecule has 0 atom stereocenters. The molecule has 0 bridgehead atoms. The minimum absolute atomic E-state index is 0.0426. The predicted octanol–water partition coefficient (Wildman–Crippen LogP) is 2.90. The number of amides is 1. The van der Waals surface area contributed by atoms with Crippen LogP contribution >= 0.6 is 0 Å². The molecule has 2 aromatic carbocycles. The fourth-order valence-electron chi connectivity index (χ4n) is 3.34. The van der Waals surface area contributed by atoms with Crippen molar-refractivity contribution in [1.82, 2.24) is 14.5 Å². The van der Waals surface area contributed by atoms with Crippen LogP contribution in [-0.2, 0) is 0 Å². The second-order valence-corrected chi connectivity index (χ2v) is 6.75. The third kappa shape index (κ3) is 3.54. The number of fused-ring (bicyclic) bond motifs is 1. The van der Waals surface area contributed by atoms with Gasteiger partial charge in [-0.1, -0.05) is 0 Å². The lowest BCUT2D eigenvalue weighted by molar-refractivity contribution is -0.384. The first kappa shape index (κ1) is 19.4. The van der Waals surface area contributed by atoms with E-state index in [0.29, 0.717) is 24.5 Å². The highest BCUT2D eigenvalue weighted by molar-refractivity contribution is 5.81. The van der Waals surface area contributed by atoms with Crippen LogP contribution in [0.5, 0.6) is 11.8 Å². The van der Waals surface area contributed by atoms with E-state index in [4.69, 9.17) is 9.47 Å². The van der Waals surface area contributed by atoms with Crippen LogP contribution < -0.4 is 15.0 Å². The van der Waals surface area contributed by atoms with Gasteiger partial charge in [0.05, 0.1) is 28.6 Å². The lowest BCUT2D eigenvalue weighted by Crippen LogP contribution is -2.33. The van der Waals surface area contributed by atoms with E-state index in [0.717, 1.165) is 23.5 Å². The van der Waals surface area contributed by atoms with Crippen molar-refractivity contribution in [2.45, 2.75) is 12.8 Å². The Kier molecular flexibility index (Phi) is 5.05. The monoisotopic (exact) mass is 410 g/mol. The number of hydrogen-bond acceptors (Lipinski definition) is 7.